The molecule has 3 atom stereocenters. The minimum absolute atomic E-state index is 0.00349. The van der Waals surface area contributed by atoms with E-state index in [4.69, 9.17) is 0 Å². The van der Waals surface area contributed by atoms with Crippen molar-refractivity contribution in [3.63, 3.8) is 0 Å². The largest absolute Gasteiger partial charge is 0.348 e. The number of hydrogen-bond acceptors (Lipinski definition) is 3. The van der Waals surface area contributed by atoms with E-state index in [-0.39, 0.29) is 28.5 Å². The zero-order valence-electron chi connectivity index (χ0n) is 13.3. The van der Waals surface area contributed by atoms with Gasteiger partial charge in [-0.3, -0.25) is 14.9 Å². The van der Waals surface area contributed by atoms with Crippen LogP contribution in [0.25, 0.3) is 0 Å². The number of nitrogens with one attached hydrogen (secondary N) is 1. The summed E-state index contributed by atoms with van der Waals surface area (Å²) in [6.07, 6.45) is 3.57. The summed E-state index contributed by atoms with van der Waals surface area (Å²) in [5, 5.41) is 13.9. The fourth-order valence-corrected chi connectivity index (χ4v) is 4.61. The van der Waals surface area contributed by atoms with Crippen molar-refractivity contribution in [1.82, 2.24) is 5.32 Å². The number of rotatable bonds is 3. The summed E-state index contributed by atoms with van der Waals surface area (Å²) in [4.78, 5) is 22.7. The molecule has 5 heteroatoms. The molecular formula is C17H22N2O3. The zero-order chi connectivity index (χ0) is 16.1. The summed E-state index contributed by atoms with van der Waals surface area (Å²) in [5.41, 5.74) is 0.755. The van der Waals surface area contributed by atoms with Crippen LogP contribution in [0.3, 0.4) is 0 Å². The average Bonchev–Trinajstić information content (AvgIpc) is 2.94. The van der Waals surface area contributed by atoms with E-state index in [9.17, 15) is 14.9 Å². The highest BCUT2D eigenvalue weighted by molar-refractivity contribution is 5.94. The molecule has 1 aromatic rings. The van der Waals surface area contributed by atoms with Crippen molar-refractivity contribution >= 4 is 11.6 Å². The van der Waals surface area contributed by atoms with Crippen LogP contribution in [0.15, 0.2) is 24.3 Å². The van der Waals surface area contributed by atoms with Crippen LogP contribution in [0.5, 0.6) is 0 Å². The lowest BCUT2D eigenvalue weighted by Crippen LogP contribution is -2.52. The van der Waals surface area contributed by atoms with Gasteiger partial charge in [-0.25, -0.2) is 0 Å². The van der Waals surface area contributed by atoms with Gasteiger partial charge in [0.2, 0.25) is 0 Å². The summed E-state index contributed by atoms with van der Waals surface area (Å²) in [6.45, 7) is 6.74. The van der Waals surface area contributed by atoms with Crippen LogP contribution in [0.2, 0.25) is 0 Å². The van der Waals surface area contributed by atoms with Crippen molar-refractivity contribution in [2.45, 2.75) is 46.1 Å². The first-order chi connectivity index (χ1) is 10.2. The van der Waals surface area contributed by atoms with E-state index in [1.807, 2.05) is 0 Å². The molecule has 118 valence electrons. The van der Waals surface area contributed by atoms with E-state index in [1.54, 1.807) is 0 Å². The molecule has 5 nitrogen and oxygen atoms in total. The molecule has 0 heterocycles. The lowest BCUT2D eigenvalue weighted by atomic mass is 9.68. The molecule has 0 unspecified atom stereocenters. The number of hydrogen-bond donors (Lipinski definition) is 1. The minimum atomic E-state index is -0.457. The molecule has 22 heavy (non-hydrogen) atoms. The van der Waals surface area contributed by atoms with Crippen LogP contribution in [0, 0.1) is 26.9 Å². The quantitative estimate of drug-likeness (QED) is 0.685. The molecule has 1 N–H and O–H groups in total. The molecule has 1 aromatic carbocycles. The fourth-order valence-electron chi connectivity index (χ4n) is 4.61. The Morgan fingerprint density at radius 2 is 1.91 bits per heavy atom. The Morgan fingerprint density at radius 3 is 2.41 bits per heavy atom. The Morgan fingerprint density at radius 1 is 1.27 bits per heavy atom. The van der Waals surface area contributed by atoms with Gasteiger partial charge < -0.3 is 5.32 Å². The Bertz CT molecular complexity index is 619. The van der Waals surface area contributed by atoms with Crippen molar-refractivity contribution < 1.29 is 9.72 Å². The first-order valence-electron chi connectivity index (χ1n) is 7.79. The van der Waals surface area contributed by atoms with Crippen LogP contribution in [-0.2, 0) is 0 Å². The van der Waals surface area contributed by atoms with Crippen LogP contribution >= 0.6 is 0 Å². The van der Waals surface area contributed by atoms with Crippen molar-refractivity contribution in [1.29, 1.82) is 0 Å². The number of nitro groups is 1. The molecule has 3 rings (SSSR count). The Hall–Kier alpha value is -1.91. The lowest BCUT2D eigenvalue weighted by molar-refractivity contribution is -0.384. The maximum atomic E-state index is 12.5. The van der Waals surface area contributed by atoms with Gasteiger partial charge in [0.05, 0.1) is 4.92 Å². The van der Waals surface area contributed by atoms with Crippen molar-refractivity contribution in [3.8, 4) is 0 Å². The third kappa shape index (κ3) is 2.19. The standard InChI is InChI=1S/C17H22N2O3/c1-16(2)12-8-9-17(3,10-12)15(16)18-14(20)11-4-6-13(7-5-11)19(21)22/h4-7,12,15H,8-10H2,1-3H3,(H,18,20)/t12-,15+,17-/m0/s1. The van der Waals surface area contributed by atoms with E-state index < -0.39 is 4.92 Å². The second-order valence-corrected chi connectivity index (χ2v) is 7.63. The summed E-state index contributed by atoms with van der Waals surface area (Å²) in [5.74, 6) is 0.529. The van der Waals surface area contributed by atoms with Gasteiger partial charge in [-0.05, 0) is 48.1 Å². The smallest absolute Gasteiger partial charge is 0.269 e. The number of carbonyl (C=O) groups excluding carboxylic acids is 1. The topological polar surface area (TPSA) is 72.2 Å². The maximum absolute atomic E-state index is 12.5. The normalized spacial score (nSPS) is 32.0. The zero-order valence-corrected chi connectivity index (χ0v) is 13.3. The molecule has 0 spiro atoms. The fraction of sp³-hybridized carbons (Fsp3) is 0.588. The summed E-state index contributed by atoms with van der Waals surface area (Å²) in [7, 11) is 0. The SMILES string of the molecule is CC1(C)[C@H]2CC[C@@](C)(C2)[C@@H]1NC(=O)c1ccc([N+](=O)[O-])cc1. The monoisotopic (exact) mass is 302 g/mol. The molecule has 0 saturated heterocycles. The van der Waals surface area contributed by atoms with Gasteiger partial charge in [0, 0.05) is 23.7 Å². The summed E-state index contributed by atoms with van der Waals surface area (Å²) < 4.78 is 0. The molecule has 1 amide bonds. The third-order valence-corrected chi connectivity index (χ3v) is 5.89. The van der Waals surface area contributed by atoms with Gasteiger partial charge in [-0.15, -0.1) is 0 Å². The number of nitro benzene ring substituents is 1. The molecule has 0 radical (unpaired) electrons. The van der Waals surface area contributed by atoms with Gasteiger partial charge in [-0.2, -0.15) is 0 Å². The van der Waals surface area contributed by atoms with Crippen molar-refractivity contribution in [3.05, 3.63) is 39.9 Å². The lowest BCUT2D eigenvalue weighted by Gasteiger charge is -2.43. The number of non-ortho nitro benzene ring substituents is 1. The highest BCUT2D eigenvalue weighted by atomic mass is 16.6. The Labute approximate surface area is 130 Å². The molecule has 2 bridgehead atoms. The van der Waals surface area contributed by atoms with E-state index in [0.29, 0.717) is 11.5 Å². The first kappa shape index (κ1) is 15.0. The second kappa shape index (κ2) is 4.80. The highest BCUT2D eigenvalue weighted by Gasteiger charge is 2.59. The molecule has 2 aliphatic carbocycles. The molecule has 0 aromatic heterocycles. The van der Waals surface area contributed by atoms with Crippen LogP contribution in [0.4, 0.5) is 5.69 Å². The van der Waals surface area contributed by atoms with Gasteiger partial charge in [-0.1, -0.05) is 20.8 Å². The number of carbonyl (C=O) groups is 1. The van der Waals surface area contributed by atoms with Crippen molar-refractivity contribution in [2.75, 3.05) is 0 Å². The highest BCUT2D eigenvalue weighted by Crippen LogP contribution is 2.62. The third-order valence-electron chi connectivity index (χ3n) is 5.89. The predicted octanol–water partition coefficient (Wildman–Crippen LogP) is 3.54. The van der Waals surface area contributed by atoms with E-state index >= 15 is 0 Å². The number of benzene rings is 1. The van der Waals surface area contributed by atoms with Gasteiger partial charge in [0.25, 0.3) is 11.6 Å². The summed E-state index contributed by atoms with van der Waals surface area (Å²) in [6, 6.07) is 5.96. The van der Waals surface area contributed by atoms with Crippen molar-refractivity contribution in [2.24, 2.45) is 16.7 Å². The number of amides is 1. The summed E-state index contributed by atoms with van der Waals surface area (Å²) >= 11 is 0. The average molecular weight is 302 g/mol. The first-order valence-corrected chi connectivity index (χ1v) is 7.79. The van der Waals surface area contributed by atoms with E-state index in [0.717, 1.165) is 6.42 Å². The van der Waals surface area contributed by atoms with E-state index in [1.165, 1.54) is 37.1 Å². The Balaban J connectivity index is 1.78. The molecule has 2 saturated carbocycles. The second-order valence-electron chi connectivity index (χ2n) is 7.63. The molecule has 0 aliphatic heterocycles. The molecule has 2 aliphatic rings. The Kier molecular flexibility index (Phi) is 3.27. The minimum Gasteiger partial charge on any atom is -0.348 e. The van der Waals surface area contributed by atoms with E-state index in [2.05, 4.69) is 26.1 Å². The van der Waals surface area contributed by atoms with Gasteiger partial charge in [0.15, 0.2) is 0 Å². The molecule has 2 fully saturated rings. The predicted molar refractivity (Wildman–Crippen MR) is 83.6 cm³/mol. The maximum Gasteiger partial charge on any atom is 0.269 e. The van der Waals surface area contributed by atoms with Crippen LogP contribution < -0.4 is 5.32 Å². The number of nitrogens with zero attached hydrogens (tertiary/aromatic N) is 1. The van der Waals surface area contributed by atoms with Crippen LogP contribution in [0.1, 0.15) is 50.4 Å². The van der Waals surface area contributed by atoms with Crippen LogP contribution in [-0.4, -0.2) is 16.9 Å². The van der Waals surface area contributed by atoms with Gasteiger partial charge in [0.1, 0.15) is 0 Å². The molecular weight excluding hydrogens is 280 g/mol. The number of fused-ring (bicyclic) bond motifs is 2. The van der Waals surface area contributed by atoms with Gasteiger partial charge >= 0.3 is 0 Å².